The number of carbonyl (C=O) groups is 2. The first-order valence-corrected chi connectivity index (χ1v) is 7.98. The number of rotatable bonds is 5. The maximum absolute atomic E-state index is 12.6. The summed E-state index contributed by atoms with van der Waals surface area (Å²) in [6, 6.07) is 5.44. The lowest BCUT2D eigenvalue weighted by atomic mass is 10.0. The molecule has 0 aromatic carbocycles. The molecule has 1 aromatic heterocycles. The van der Waals surface area contributed by atoms with Crippen LogP contribution >= 0.6 is 0 Å². The molecule has 1 fully saturated rings. The number of aromatic nitrogens is 1. The molecule has 0 aliphatic heterocycles. The van der Waals surface area contributed by atoms with Gasteiger partial charge in [-0.3, -0.25) is 14.6 Å². The number of hydrogen-bond acceptors (Lipinski definition) is 4. The van der Waals surface area contributed by atoms with Crippen LogP contribution in [0, 0.1) is 5.92 Å². The van der Waals surface area contributed by atoms with Crippen molar-refractivity contribution >= 4 is 11.8 Å². The molecule has 126 valence electrons. The van der Waals surface area contributed by atoms with E-state index in [1.165, 1.54) is 11.8 Å². The molecule has 6 heteroatoms. The number of aliphatic hydroxyl groups excluding tert-OH is 1. The molecule has 0 unspecified atom stereocenters. The smallest absolute Gasteiger partial charge is 0.228 e. The van der Waals surface area contributed by atoms with E-state index in [0.717, 1.165) is 5.69 Å². The minimum atomic E-state index is -0.797. The van der Waals surface area contributed by atoms with Gasteiger partial charge < -0.3 is 14.9 Å². The van der Waals surface area contributed by atoms with Gasteiger partial charge in [-0.05, 0) is 25.0 Å². The number of aliphatic hydroxyl groups is 1. The van der Waals surface area contributed by atoms with Crippen molar-refractivity contribution in [3.63, 3.8) is 0 Å². The molecular weight excluding hydrogens is 294 g/mol. The van der Waals surface area contributed by atoms with Crippen molar-refractivity contribution in [1.82, 2.24) is 14.8 Å². The van der Waals surface area contributed by atoms with Crippen molar-refractivity contribution in [3.8, 4) is 0 Å². The van der Waals surface area contributed by atoms with Gasteiger partial charge in [-0.25, -0.2) is 0 Å². The van der Waals surface area contributed by atoms with E-state index in [2.05, 4.69) is 4.98 Å². The van der Waals surface area contributed by atoms with E-state index in [4.69, 9.17) is 0 Å². The van der Waals surface area contributed by atoms with Crippen LogP contribution in [0.15, 0.2) is 24.4 Å². The zero-order valence-corrected chi connectivity index (χ0v) is 14.0. The molecule has 1 aliphatic rings. The second-order valence-corrected chi connectivity index (χ2v) is 6.20. The highest BCUT2D eigenvalue weighted by Gasteiger charge is 2.42. The Labute approximate surface area is 137 Å². The van der Waals surface area contributed by atoms with E-state index in [-0.39, 0.29) is 17.9 Å². The Bertz CT molecular complexity index is 549. The highest BCUT2D eigenvalue weighted by atomic mass is 16.3. The zero-order chi connectivity index (χ0) is 17.0. The Kier molecular flexibility index (Phi) is 5.71. The third-order valence-corrected chi connectivity index (χ3v) is 4.70. The average Bonchev–Trinajstić information content (AvgIpc) is 2.93. The van der Waals surface area contributed by atoms with E-state index in [9.17, 15) is 14.7 Å². The molecule has 23 heavy (non-hydrogen) atoms. The van der Waals surface area contributed by atoms with Gasteiger partial charge in [0, 0.05) is 45.9 Å². The number of likely N-dealkylation sites (N-methyl/N-ethyl adjacent to an activating group) is 2. The lowest BCUT2D eigenvalue weighted by molar-refractivity contribution is -0.140. The van der Waals surface area contributed by atoms with Crippen LogP contribution in [0.1, 0.15) is 25.5 Å². The molecule has 2 amide bonds. The molecule has 0 spiro atoms. The number of carbonyl (C=O) groups excluding carboxylic acids is 2. The van der Waals surface area contributed by atoms with E-state index < -0.39 is 12.0 Å². The first kappa shape index (κ1) is 17.4. The quantitative estimate of drug-likeness (QED) is 0.867. The van der Waals surface area contributed by atoms with Crippen molar-refractivity contribution < 1.29 is 14.7 Å². The molecule has 0 bridgehead atoms. The largest absolute Gasteiger partial charge is 0.390 e. The molecule has 0 radical (unpaired) electrons. The molecule has 1 N–H and O–H groups in total. The molecular formula is C17H25N3O3. The lowest BCUT2D eigenvalue weighted by Gasteiger charge is -2.29. The van der Waals surface area contributed by atoms with Crippen LogP contribution in [0.4, 0.5) is 0 Å². The first-order chi connectivity index (χ1) is 10.9. The monoisotopic (exact) mass is 319 g/mol. The maximum Gasteiger partial charge on any atom is 0.228 e. The highest BCUT2D eigenvalue weighted by molar-refractivity contribution is 5.80. The van der Waals surface area contributed by atoms with Crippen molar-refractivity contribution in [2.45, 2.75) is 38.3 Å². The highest BCUT2D eigenvalue weighted by Crippen LogP contribution is 2.30. The van der Waals surface area contributed by atoms with Crippen LogP contribution in [0.2, 0.25) is 0 Å². The van der Waals surface area contributed by atoms with E-state index in [1.807, 2.05) is 18.2 Å². The fraction of sp³-hybridized carbons (Fsp3) is 0.588. The van der Waals surface area contributed by atoms with Gasteiger partial charge in [0.1, 0.15) is 0 Å². The van der Waals surface area contributed by atoms with Crippen molar-refractivity contribution in [2.24, 2.45) is 5.92 Å². The van der Waals surface area contributed by atoms with Gasteiger partial charge in [0.25, 0.3) is 0 Å². The third kappa shape index (κ3) is 4.07. The van der Waals surface area contributed by atoms with Crippen molar-refractivity contribution in [1.29, 1.82) is 0 Å². The minimum absolute atomic E-state index is 0.0621. The fourth-order valence-corrected chi connectivity index (χ4v) is 3.11. The predicted octanol–water partition coefficient (Wildman–Crippen LogP) is 0.700. The van der Waals surface area contributed by atoms with Crippen LogP contribution in [0.25, 0.3) is 0 Å². The van der Waals surface area contributed by atoms with Gasteiger partial charge in [-0.15, -0.1) is 0 Å². The summed E-state index contributed by atoms with van der Waals surface area (Å²) in [5.74, 6) is -0.589. The van der Waals surface area contributed by atoms with Gasteiger partial charge in [0.15, 0.2) is 0 Å². The van der Waals surface area contributed by atoms with Crippen LogP contribution in [0.3, 0.4) is 0 Å². The number of amides is 2. The molecule has 1 aromatic rings. The lowest BCUT2D eigenvalue weighted by Crippen LogP contribution is -2.45. The standard InChI is InChI=1S/C17H25N3O3/c1-12(21)20(3)15-8-7-14(16(15)22)17(23)19(2)11-9-13-6-4-5-10-18-13/h4-6,10,14-16,22H,7-9,11H2,1-3H3/t14-,15-,16+/m1/s1. The zero-order valence-electron chi connectivity index (χ0n) is 14.0. The maximum atomic E-state index is 12.6. The summed E-state index contributed by atoms with van der Waals surface area (Å²) in [5.41, 5.74) is 0.938. The molecule has 3 atom stereocenters. The topological polar surface area (TPSA) is 73.7 Å². The van der Waals surface area contributed by atoms with E-state index >= 15 is 0 Å². The normalized spacial score (nSPS) is 23.6. The Hall–Kier alpha value is -1.95. The summed E-state index contributed by atoms with van der Waals surface area (Å²) in [6.07, 6.45) is 2.88. The molecule has 1 heterocycles. The Morgan fingerprint density at radius 3 is 2.65 bits per heavy atom. The van der Waals surface area contributed by atoms with Crippen LogP contribution in [0.5, 0.6) is 0 Å². The Balaban J connectivity index is 1.91. The summed E-state index contributed by atoms with van der Waals surface area (Å²) in [5, 5.41) is 10.4. The van der Waals surface area contributed by atoms with Crippen LogP contribution in [-0.4, -0.2) is 64.5 Å². The molecule has 6 nitrogen and oxygen atoms in total. The van der Waals surface area contributed by atoms with Crippen LogP contribution in [-0.2, 0) is 16.0 Å². The summed E-state index contributed by atoms with van der Waals surface area (Å²) in [7, 11) is 3.42. The molecule has 1 aliphatic carbocycles. The van der Waals surface area contributed by atoms with Crippen LogP contribution < -0.4 is 0 Å². The van der Waals surface area contributed by atoms with E-state index in [1.54, 1.807) is 25.2 Å². The SMILES string of the molecule is CC(=O)N(C)[C@@H]1CC[C@@H](C(=O)N(C)CCc2ccccn2)[C@@H]1O. The molecule has 0 saturated heterocycles. The number of hydrogen-bond donors (Lipinski definition) is 1. The fourth-order valence-electron chi connectivity index (χ4n) is 3.11. The first-order valence-electron chi connectivity index (χ1n) is 7.98. The summed E-state index contributed by atoms with van der Waals surface area (Å²) in [6.45, 7) is 2.03. The number of pyridine rings is 1. The van der Waals surface area contributed by atoms with Crippen molar-refractivity contribution in [3.05, 3.63) is 30.1 Å². The second kappa shape index (κ2) is 7.55. The molecule has 2 rings (SSSR count). The minimum Gasteiger partial charge on any atom is -0.390 e. The van der Waals surface area contributed by atoms with Gasteiger partial charge in [0.05, 0.1) is 18.1 Å². The summed E-state index contributed by atoms with van der Waals surface area (Å²) in [4.78, 5) is 31.4. The van der Waals surface area contributed by atoms with Gasteiger partial charge in [0.2, 0.25) is 11.8 Å². The predicted molar refractivity (Wildman–Crippen MR) is 86.5 cm³/mol. The third-order valence-electron chi connectivity index (χ3n) is 4.70. The summed E-state index contributed by atoms with van der Waals surface area (Å²) < 4.78 is 0. The molecule has 1 saturated carbocycles. The average molecular weight is 319 g/mol. The van der Waals surface area contributed by atoms with Gasteiger partial charge in [-0.1, -0.05) is 6.07 Å². The second-order valence-electron chi connectivity index (χ2n) is 6.20. The van der Waals surface area contributed by atoms with Gasteiger partial charge in [-0.2, -0.15) is 0 Å². The number of nitrogens with zero attached hydrogens (tertiary/aromatic N) is 3. The van der Waals surface area contributed by atoms with Gasteiger partial charge >= 0.3 is 0 Å². The Morgan fingerprint density at radius 2 is 2.04 bits per heavy atom. The van der Waals surface area contributed by atoms with Crippen molar-refractivity contribution in [2.75, 3.05) is 20.6 Å². The Morgan fingerprint density at radius 1 is 1.30 bits per heavy atom. The summed E-state index contributed by atoms with van der Waals surface area (Å²) >= 11 is 0. The van der Waals surface area contributed by atoms with E-state index in [0.29, 0.717) is 25.8 Å².